The molecule has 0 aromatic carbocycles. The van der Waals surface area contributed by atoms with Crippen LogP contribution in [-0.4, -0.2) is 26.0 Å². The van der Waals surface area contributed by atoms with Crippen LogP contribution in [0.5, 0.6) is 5.88 Å². The molecule has 0 aliphatic heterocycles. The van der Waals surface area contributed by atoms with Crippen LogP contribution in [0.3, 0.4) is 0 Å². The van der Waals surface area contributed by atoms with Gasteiger partial charge in [-0.05, 0) is 27.7 Å². The second kappa shape index (κ2) is 6.00. The van der Waals surface area contributed by atoms with Crippen molar-refractivity contribution >= 4 is 28.0 Å². The van der Waals surface area contributed by atoms with E-state index >= 15 is 0 Å². The number of nitrogens with zero attached hydrogens (tertiary/aromatic N) is 4. The van der Waals surface area contributed by atoms with Crippen LogP contribution in [0.15, 0.2) is 6.33 Å². The maximum absolute atomic E-state index is 11.3. The molecule has 2 aromatic rings. The fraction of sp³-hybridized carbons (Fsp3) is 0.417. The lowest BCUT2D eigenvalue weighted by molar-refractivity contribution is -0.385. The van der Waals surface area contributed by atoms with E-state index < -0.39 is 4.92 Å². The third kappa shape index (κ3) is 3.43. The second-order valence-electron chi connectivity index (χ2n) is 4.59. The molecule has 2 aromatic heterocycles. The van der Waals surface area contributed by atoms with Gasteiger partial charge in [0, 0.05) is 4.88 Å². The van der Waals surface area contributed by atoms with Gasteiger partial charge in [-0.3, -0.25) is 10.1 Å². The minimum Gasteiger partial charge on any atom is -0.470 e. The van der Waals surface area contributed by atoms with E-state index in [9.17, 15) is 10.1 Å². The Kier molecular flexibility index (Phi) is 4.32. The monoisotopic (exact) mass is 309 g/mol. The van der Waals surface area contributed by atoms with Gasteiger partial charge in [0.15, 0.2) is 5.13 Å². The third-order valence-corrected chi connectivity index (χ3v) is 3.56. The number of anilines is 2. The Bertz CT molecular complexity index is 651. The zero-order valence-corrected chi connectivity index (χ0v) is 12.9. The SMILES string of the molecule is Cc1nc(Nc2ncnc(OC(C)C)c2[N+](=O)[O-])sc1C. The first-order valence-corrected chi connectivity index (χ1v) is 7.07. The number of hydrogen-bond donors (Lipinski definition) is 1. The summed E-state index contributed by atoms with van der Waals surface area (Å²) in [4.78, 5) is 23.8. The maximum atomic E-state index is 11.3. The Balaban J connectivity index is 2.40. The van der Waals surface area contributed by atoms with Gasteiger partial charge in [-0.2, -0.15) is 4.98 Å². The van der Waals surface area contributed by atoms with Crippen molar-refractivity contribution in [2.24, 2.45) is 0 Å². The molecule has 9 heteroatoms. The molecule has 112 valence electrons. The summed E-state index contributed by atoms with van der Waals surface area (Å²) in [7, 11) is 0. The minimum atomic E-state index is -0.562. The lowest BCUT2D eigenvalue weighted by Gasteiger charge is -2.10. The number of nitrogens with one attached hydrogen (secondary N) is 1. The van der Waals surface area contributed by atoms with E-state index in [1.165, 1.54) is 17.7 Å². The number of aromatic nitrogens is 3. The topological polar surface area (TPSA) is 103 Å². The average Bonchev–Trinajstić information content (AvgIpc) is 2.67. The molecule has 1 N–H and O–H groups in total. The molecule has 0 aliphatic rings. The van der Waals surface area contributed by atoms with E-state index in [-0.39, 0.29) is 23.5 Å². The summed E-state index contributed by atoms with van der Waals surface area (Å²) in [5.41, 5.74) is 0.578. The molecule has 2 heterocycles. The van der Waals surface area contributed by atoms with Gasteiger partial charge in [0.1, 0.15) is 6.33 Å². The summed E-state index contributed by atoms with van der Waals surface area (Å²) in [6.07, 6.45) is 0.996. The molecule has 0 unspecified atom stereocenters. The number of ether oxygens (including phenoxy) is 1. The first-order chi connectivity index (χ1) is 9.88. The van der Waals surface area contributed by atoms with Crippen molar-refractivity contribution in [1.29, 1.82) is 0 Å². The van der Waals surface area contributed by atoms with Crippen LogP contribution in [0.1, 0.15) is 24.4 Å². The lowest BCUT2D eigenvalue weighted by Crippen LogP contribution is -2.10. The molecule has 0 saturated carbocycles. The molecule has 0 fully saturated rings. The smallest absolute Gasteiger partial charge is 0.373 e. The fourth-order valence-electron chi connectivity index (χ4n) is 1.56. The van der Waals surface area contributed by atoms with Crippen LogP contribution in [-0.2, 0) is 0 Å². The van der Waals surface area contributed by atoms with Crippen LogP contribution < -0.4 is 10.1 Å². The van der Waals surface area contributed by atoms with Crippen LogP contribution in [0.4, 0.5) is 16.6 Å². The molecular weight excluding hydrogens is 294 g/mol. The molecular formula is C12H15N5O3S. The summed E-state index contributed by atoms with van der Waals surface area (Å²) in [5.74, 6) is 0.0110. The highest BCUT2D eigenvalue weighted by Gasteiger charge is 2.26. The van der Waals surface area contributed by atoms with E-state index in [4.69, 9.17) is 4.74 Å². The third-order valence-electron chi connectivity index (χ3n) is 2.57. The predicted octanol–water partition coefficient (Wildman–Crippen LogP) is 2.99. The van der Waals surface area contributed by atoms with Crippen LogP contribution in [0.2, 0.25) is 0 Å². The van der Waals surface area contributed by atoms with Crippen molar-refractivity contribution in [2.45, 2.75) is 33.8 Å². The highest BCUT2D eigenvalue weighted by atomic mass is 32.1. The van der Waals surface area contributed by atoms with Crippen LogP contribution in [0.25, 0.3) is 0 Å². The Hall–Kier alpha value is -2.29. The number of nitro groups is 1. The first kappa shape index (κ1) is 15.1. The quantitative estimate of drug-likeness (QED) is 0.668. The van der Waals surface area contributed by atoms with E-state index in [1.54, 1.807) is 13.8 Å². The number of hydrogen-bond acceptors (Lipinski definition) is 8. The number of rotatable bonds is 5. The van der Waals surface area contributed by atoms with E-state index in [2.05, 4.69) is 20.3 Å². The molecule has 0 bridgehead atoms. The van der Waals surface area contributed by atoms with E-state index in [1.807, 2.05) is 13.8 Å². The van der Waals surface area contributed by atoms with Gasteiger partial charge >= 0.3 is 5.69 Å². The molecule has 2 rings (SSSR count). The van der Waals surface area contributed by atoms with Crippen LogP contribution >= 0.6 is 11.3 Å². The summed E-state index contributed by atoms with van der Waals surface area (Å²) in [6.45, 7) is 7.34. The zero-order chi connectivity index (χ0) is 15.6. The maximum Gasteiger partial charge on any atom is 0.373 e. The number of thiazole rings is 1. The van der Waals surface area contributed by atoms with Crippen molar-refractivity contribution in [2.75, 3.05) is 5.32 Å². The number of aryl methyl sites for hydroxylation is 2. The summed E-state index contributed by atoms with van der Waals surface area (Å²) in [5, 5.41) is 14.7. The first-order valence-electron chi connectivity index (χ1n) is 6.25. The Labute approximate surface area is 125 Å². The largest absolute Gasteiger partial charge is 0.470 e. The summed E-state index contributed by atoms with van der Waals surface area (Å²) in [6, 6.07) is 0. The molecule has 21 heavy (non-hydrogen) atoms. The van der Waals surface area contributed by atoms with Gasteiger partial charge < -0.3 is 10.1 Å². The molecule has 0 atom stereocenters. The Morgan fingerprint density at radius 1 is 1.38 bits per heavy atom. The molecule has 0 spiro atoms. The van der Waals surface area contributed by atoms with Gasteiger partial charge in [0.05, 0.1) is 16.7 Å². The van der Waals surface area contributed by atoms with Crippen molar-refractivity contribution in [1.82, 2.24) is 15.0 Å². The zero-order valence-electron chi connectivity index (χ0n) is 12.1. The van der Waals surface area contributed by atoms with Crippen molar-refractivity contribution in [3.8, 4) is 5.88 Å². The Morgan fingerprint density at radius 3 is 2.62 bits per heavy atom. The molecule has 0 aliphatic carbocycles. The molecule has 0 amide bonds. The second-order valence-corrected chi connectivity index (χ2v) is 5.79. The van der Waals surface area contributed by atoms with Crippen molar-refractivity contribution in [3.05, 3.63) is 27.0 Å². The van der Waals surface area contributed by atoms with E-state index in [0.717, 1.165) is 10.6 Å². The van der Waals surface area contributed by atoms with Crippen LogP contribution in [0, 0.1) is 24.0 Å². The van der Waals surface area contributed by atoms with Gasteiger partial charge in [-0.1, -0.05) is 0 Å². The minimum absolute atomic E-state index is 0.0579. The van der Waals surface area contributed by atoms with Gasteiger partial charge in [0.2, 0.25) is 5.82 Å². The van der Waals surface area contributed by atoms with Crippen molar-refractivity contribution in [3.63, 3.8) is 0 Å². The average molecular weight is 309 g/mol. The molecule has 8 nitrogen and oxygen atoms in total. The molecule has 0 radical (unpaired) electrons. The summed E-state index contributed by atoms with van der Waals surface area (Å²) < 4.78 is 5.36. The van der Waals surface area contributed by atoms with Gasteiger partial charge in [-0.15, -0.1) is 11.3 Å². The lowest BCUT2D eigenvalue weighted by atomic mass is 10.4. The van der Waals surface area contributed by atoms with Gasteiger partial charge in [-0.25, -0.2) is 9.97 Å². The van der Waals surface area contributed by atoms with Crippen molar-refractivity contribution < 1.29 is 9.66 Å². The predicted molar refractivity (Wildman–Crippen MR) is 79.3 cm³/mol. The fourth-order valence-corrected chi connectivity index (χ4v) is 2.37. The Morgan fingerprint density at radius 2 is 2.10 bits per heavy atom. The van der Waals surface area contributed by atoms with Gasteiger partial charge in [0.25, 0.3) is 5.88 Å². The normalized spacial score (nSPS) is 10.7. The van der Waals surface area contributed by atoms with E-state index in [0.29, 0.717) is 5.13 Å². The highest BCUT2D eigenvalue weighted by molar-refractivity contribution is 7.15. The summed E-state index contributed by atoms with van der Waals surface area (Å²) >= 11 is 1.40. The highest BCUT2D eigenvalue weighted by Crippen LogP contribution is 2.34. The molecule has 0 saturated heterocycles. The standard InChI is InChI=1S/C12H15N5O3S/c1-6(2)20-11-9(17(18)19)10(13-5-14-11)16-12-15-7(3)8(4)21-12/h5-6H,1-4H3,(H,13,14,15,16).